The van der Waals surface area contributed by atoms with Gasteiger partial charge in [0, 0.05) is 93.9 Å². The Balaban J connectivity index is 0.000000156. The summed E-state index contributed by atoms with van der Waals surface area (Å²) in [4.78, 5) is 16.6. The molecule has 2 unspecified atom stereocenters. The van der Waals surface area contributed by atoms with Gasteiger partial charge in [0.1, 0.15) is 22.7 Å². The number of nitrogens with one attached hydrogen (secondary N) is 1. The van der Waals surface area contributed by atoms with Crippen LogP contribution in [0.25, 0.3) is 11.1 Å². The third kappa shape index (κ3) is 7.50. The van der Waals surface area contributed by atoms with Gasteiger partial charge in [0.15, 0.2) is 0 Å². The highest BCUT2D eigenvalue weighted by Gasteiger charge is 2.45. The lowest BCUT2D eigenvalue weighted by Gasteiger charge is -2.45. The fourth-order valence-electron chi connectivity index (χ4n) is 9.64. The first-order valence-corrected chi connectivity index (χ1v) is 20.6. The van der Waals surface area contributed by atoms with Gasteiger partial charge in [0.2, 0.25) is 5.91 Å². The van der Waals surface area contributed by atoms with Crippen LogP contribution in [0.5, 0.6) is 11.5 Å². The molecule has 4 aliphatic heterocycles. The number of ether oxygens (including phenoxy) is 2. The van der Waals surface area contributed by atoms with E-state index in [9.17, 15) is 4.79 Å². The number of rotatable bonds is 6. The van der Waals surface area contributed by atoms with Crippen molar-refractivity contribution in [2.45, 2.75) is 121 Å². The second-order valence-corrected chi connectivity index (χ2v) is 17.6. The molecule has 2 saturated heterocycles. The lowest BCUT2D eigenvalue weighted by Crippen LogP contribution is -2.52. The zero-order valence-corrected chi connectivity index (χ0v) is 32.5. The first kappa shape index (κ1) is 35.2. The Hall–Kier alpha value is -2.87. The molecule has 0 bridgehead atoms. The van der Waals surface area contributed by atoms with Gasteiger partial charge in [0.05, 0.1) is 0 Å². The predicted molar refractivity (Wildman–Crippen MR) is 210 cm³/mol. The van der Waals surface area contributed by atoms with Crippen LogP contribution in [0.15, 0.2) is 65.1 Å². The Morgan fingerprint density at radius 3 is 1.65 bits per heavy atom. The van der Waals surface area contributed by atoms with Crippen LogP contribution in [-0.4, -0.2) is 65.2 Å². The molecule has 0 aromatic heterocycles. The molecule has 6 aliphatic rings. The lowest BCUT2D eigenvalue weighted by atomic mass is 9.78. The van der Waals surface area contributed by atoms with Crippen molar-refractivity contribution in [1.29, 1.82) is 0 Å². The van der Waals surface area contributed by atoms with Crippen molar-refractivity contribution < 1.29 is 14.3 Å². The summed E-state index contributed by atoms with van der Waals surface area (Å²) >= 11 is 3.57. The molecule has 3 aromatic carbocycles. The third-order valence-electron chi connectivity index (χ3n) is 13.5. The highest BCUT2D eigenvalue weighted by atomic mass is 79.9. The number of benzene rings is 3. The summed E-state index contributed by atoms with van der Waals surface area (Å²) < 4.78 is 14.1. The molecule has 4 heterocycles. The Kier molecular flexibility index (Phi) is 10.0. The maximum atomic E-state index is 11.2. The average Bonchev–Trinajstić information content (AvgIpc) is 3.60. The van der Waals surface area contributed by atoms with E-state index in [0.717, 1.165) is 89.9 Å². The summed E-state index contributed by atoms with van der Waals surface area (Å²) in [7, 11) is 0. The first-order valence-electron chi connectivity index (χ1n) is 19.8. The van der Waals surface area contributed by atoms with E-state index in [1.165, 1.54) is 88.1 Å². The molecule has 3 aromatic rings. The van der Waals surface area contributed by atoms with E-state index in [2.05, 4.69) is 93.4 Å². The maximum absolute atomic E-state index is 11.2. The molecule has 6 nitrogen and oxygen atoms in total. The Labute approximate surface area is 313 Å². The number of fused-ring (bicyclic) bond motifs is 2. The summed E-state index contributed by atoms with van der Waals surface area (Å²) in [5.41, 5.74) is 5.99. The largest absolute Gasteiger partial charge is 0.487 e. The van der Waals surface area contributed by atoms with Crippen LogP contribution >= 0.6 is 15.9 Å². The van der Waals surface area contributed by atoms with Gasteiger partial charge in [0.25, 0.3) is 0 Å². The van der Waals surface area contributed by atoms with Gasteiger partial charge >= 0.3 is 0 Å². The van der Waals surface area contributed by atoms with E-state index in [1.807, 2.05) is 12.1 Å². The van der Waals surface area contributed by atoms with Crippen LogP contribution in [-0.2, 0) is 17.6 Å². The van der Waals surface area contributed by atoms with Crippen molar-refractivity contribution in [1.82, 2.24) is 9.80 Å². The number of carbonyl (C=O) groups is 1. The molecule has 2 spiro atoms. The number of piperidine rings is 2. The predicted octanol–water partition coefficient (Wildman–Crippen LogP) is 9.68. The third-order valence-corrected chi connectivity index (χ3v) is 14.0. The quantitative estimate of drug-likeness (QED) is 0.272. The molecule has 2 saturated carbocycles. The van der Waals surface area contributed by atoms with Gasteiger partial charge in [-0.05, 0) is 116 Å². The Bertz CT molecular complexity index is 1700. The second-order valence-electron chi connectivity index (χ2n) is 16.7. The standard InChI is InChI=1S/C26H32N2O2.C18H24BrNO/c1-18(20-4-3-5-20)28-14-12-26(13-15-28)17-23-16-22(8-11-25(23)30-26)21-6-9-24(10-7-21)27-19(2)29;1-13(14-3-2-4-14)20-9-7-18(8-10-20)12-15-11-16(19)5-6-17(15)21-18/h6-11,16,18,20H,3-5,12-15,17H2,1-2H3,(H,27,29);5-6,11,13-14H,2-4,7-10,12H2,1H3. The number of nitrogens with zero attached hydrogens (tertiary/aromatic N) is 2. The highest BCUT2D eigenvalue weighted by Crippen LogP contribution is 2.45. The van der Waals surface area contributed by atoms with Crippen LogP contribution in [0.1, 0.15) is 96.1 Å². The molecule has 7 heteroatoms. The number of hydrogen-bond donors (Lipinski definition) is 1. The van der Waals surface area contributed by atoms with E-state index in [1.54, 1.807) is 0 Å². The van der Waals surface area contributed by atoms with Crippen molar-refractivity contribution in [3.05, 3.63) is 76.3 Å². The second kappa shape index (κ2) is 14.5. The molecular formula is C44H56BrN3O3. The van der Waals surface area contributed by atoms with Gasteiger partial charge in [-0.15, -0.1) is 0 Å². The normalized spacial score (nSPS) is 23.5. The van der Waals surface area contributed by atoms with E-state index in [0.29, 0.717) is 0 Å². The summed E-state index contributed by atoms with van der Waals surface area (Å²) in [5, 5.41) is 2.83. The van der Waals surface area contributed by atoms with Crippen LogP contribution < -0.4 is 14.8 Å². The van der Waals surface area contributed by atoms with Gasteiger partial charge in [-0.3, -0.25) is 4.79 Å². The molecule has 51 heavy (non-hydrogen) atoms. The van der Waals surface area contributed by atoms with Crippen LogP contribution in [0.4, 0.5) is 5.69 Å². The number of halogens is 1. The summed E-state index contributed by atoms with van der Waals surface area (Å²) in [6, 6.07) is 22.6. The van der Waals surface area contributed by atoms with E-state index in [4.69, 9.17) is 9.47 Å². The van der Waals surface area contributed by atoms with Gasteiger partial charge < -0.3 is 24.6 Å². The molecule has 2 aliphatic carbocycles. The maximum Gasteiger partial charge on any atom is 0.221 e. The average molecular weight is 755 g/mol. The monoisotopic (exact) mass is 753 g/mol. The molecule has 2 atom stereocenters. The fourth-order valence-corrected chi connectivity index (χ4v) is 10.0. The number of carbonyl (C=O) groups excluding carboxylic acids is 1. The molecule has 1 amide bonds. The Morgan fingerprint density at radius 1 is 0.706 bits per heavy atom. The minimum Gasteiger partial charge on any atom is -0.487 e. The zero-order valence-electron chi connectivity index (χ0n) is 30.9. The minimum atomic E-state index is -0.0455. The SMILES string of the molecule is CC(=O)Nc1ccc(-c2ccc3c(c2)CC2(CCN(C(C)C4CCC4)CC2)O3)cc1.CC(C1CCC1)N1CCC2(CC1)Cc1cc(Br)ccc1O2. The Morgan fingerprint density at radius 2 is 1.18 bits per heavy atom. The highest BCUT2D eigenvalue weighted by molar-refractivity contribution is 9.10. The van der Waals surface area contributed by atoms with E-state index < -0.39 is 0 Å². The smallest absolute Gasteiger partial charge is 0.221 e. The van der Waals surface area contributed by atoms with E-state index >= 15 is 0 Å². The first-order chi connectivity index (χ1) is 24.7. The number of hydrogen-bond acceptors (Lipinski definition) is 5. The number of amides is 1. The van der Waals surface area contributed by atoms with Crippen molar-refractivity contribution in [3.63, 3.8) is 0 Å². The number of anilines is 1. The molecule has 272 valence electrons. The number of likely N-dealkylation sites (tertiary alicyclic amines) is 2. The van der Waals surface area contributed by atoms with Crippen molar-refractivity contribution in [2.24, 2.45) is 11.8 Å². The van der Waals surface area contributed by atoms with Crippen molar-refractivity contribution in [2.75, 3.05) is 31.5 Å². The molecular weight excluding hydrogens is 698 g/mol. The summed E-state index contributed by atoms with van der Waals surface area (Å²) in [5.74, 6) is 4.00. The zero-order chi connectivity index (χ0) is 35.2. The van der Waals surface area contributed by atoms with Crippen LogP contribution in [0, 0.1) is 11.8 Å². The topological polar surface area (TPSA) is 54.0 Å². The van der Waals surface area contributed by atoms with Gasteiger partial charge in [-0.2, -0.15) is 0 Å². The lowest BCUT2D eigenvalue weighted by molar-refractivity contribution is -0.114. The summed E-state index contributed by atoms with van der Waals surface area (Å²) in [6.07, 6.45) is 15.3. The van der Waals surface area contributed by atoms with Gasteiger partial charge in [-0.25, -0.2) is 0 Å². The summed E-state index contributed by atoms with van der Waals surface area (Å²) in [6.45, 7) is 11.1. The molecule has 4 fully saturated rings. The van der Waals surface area contributed by atoms with Crippen molar-refractivity contribution >= 4 is 27.5 Å². The fraction of sp³-hybridized carbons (Fsp3) is 0.568. The van der Waals surface area contributed by atoms with E-state index in [-0.39, 0.29) is 17.1 Å². The van der Waals surface area contributed by atoms with Crippen molar-refractivity contribution in [3.8, 4) is 22.6 Å². The molecule has 9 rings (SSSR count). The molecule has 1 N–H and O–H groups in total. The van der Waals surface area contributed by atoms with Crippen LogP contribution in [0.2, 0.25) is 0 Å². The minimum absolute atomic E-state index is 0.00788. The van der Waals surface area contributed by atoms with Crippen LogP contribution in [0.3, 0.4) is 0 Å². The molecule has 0 radical (unpaired) electrons. The van der Waals surface area contributed by atoms with Gasteiger partial charge in [-0.1, -0.05) is 47.0 Å².